The number of ether oxygens (including phenoxy) is 1. The summed E-state index contributed by atoms with van der Waals surface area (Å²) in [5.74, 6) is 1.35. The van der Waals surface area contributed by atoms with Crippen LogP contribution in [0.4, 0.5) is 5.82 Å². The molecule has 2 N–H and O–H groups in total. The lowest BCUT2D eigenvalue weighted by Crippen LogP contribution is -2.15. The summed E-state index contributed by atoms with van der Waals surface area (Å²) < 4.78 is 5.62. The summed E-state index contributed by atoms with van der Waals surface area (Å²) in [5.41, 5.74) is 1.38. The minimum Gasteiger partial charge on any atom is -0.378 e. The van der Waals surface area contributed by atoms with Crippen LogP contribution in [-0.4, -0.2) is 50.9 Å². The van der Waals surface area contributed by atoms with Crippen LogP contribution in [0.5, 0.6) is 0 Å². The predicted molar refractivity (Wildman–Crippen MR) is 78.6 cm³/mol. The van der Waals surface area contributed by atoms with Crippen molar-refractivity contribution in [2.24, 2.45) is 9.98 Å². The van der Waals surface area contributed by atoms with Crippen LogP contribution in [0.3, 0.4) is 0 Å². The van der Waals surface area contributed by atoms with Crippen LogP contribution in [0, 0.1) is 0 Å². The highest BCUT2D eigenvalue weighted by Gasteiger charge is 2.22. The molecule has 2 atom stereocenters. The molecule has 4 rings (SSSR count). The van der Waals surface area contributed by atoms with Gasteiger partial charge in [0.05, 0.1) is 18.6 Å². The van der Waals surface area contributed by atoms with E-state index in [1.54, 1.807) is 12.5 Å². The number of aromatic amines is 1. The highest BCUT2D eigenvalue weighted by atomic mass is 16.5. The Morgan fingerprint density at radius 1 is 1.33 bits per heavy atom. The van der Waals surface area contributed by atoms with Crippen molar-refractivity contribution in [3.05, 3.63) is 12.7 Å². The maximum Gasteiger partial charge on any atom is 0.182 e. The second-order valence-corrected chi connectivity index (χ2v) is 5.09. The van der Waals surface area contributed by atoms with Crippen LogP contribution in [0.15, 0.2) is 22.6 Å². The molecular weight excluding hydrogens is 270 g/mol. The molecule has 0 saturated carbocycles. The predicted octanol–water partition coefficient (Wildman–Crippen LogP) is 1.14. The van der Waals surface area contributed by atoms with E-state index in [9.17, 15) is 0 Å². The summed E-state index contributed by atoms with van der Waals surface area (Å²) in [6, 6.07) is 0. The molecule has 8 nitrogen and oxygen atoms in total. The number of nitrogens with zero attached hydrogens (tertiary/aromatic N) is 5. The van der Waals surface area contributed by atoms with Gasteiger partial charge in [0.25, 0.3) is 0 Å². The number of rotatable bonds is 3. The molecule has 0 aliphatic carbocycles. The van der Waals surface area contributed by atoms with Gasteiger partial charge in [-0.15, -0.1) is 0 Å². The SMILES string of the molecule is C1=NC(CC2CCCO2)N=C1Nc1ncnc2nc[nH]c12. The van der Waals surface area contributed by atoms with Gasteiger partial charge in [0, 0.05) is 13.0 Å². The maximum absolute atomic E-state index is 5.62. The number of aliphatic imine (C=N–C) groups is 2. The summed E-state index contributed by atoms with van der Waals surface area (Å²) >= 11 is 0. The molecule has 0 aromatic carbocycles. The molecule has 1 fully saturated rings. The molecule has 2 aromatic rings. The smallest absolute Gasteiger partial charge is 0.182 e. The molecule has 8 heteroatoms. The fourth-order valence-electron chi connectivity index (χ4n) is 2.61. The number of aromatic nitrogens is 4. The van der Waals surface area contributed by atoms with Gasteiger partial charge < -0.3 is 15.0 Å². The molecule has 108 valence electrons. The molecule has 21 heavy (non-hydrogen) atoms. The molecule has 2 aliphatic rings. The van der Waals surface area contributed by atoms with Gasteiger partial charge in [0.2, 0.25) is 0 Å². The van der Waals surface area contributed by atoms with Crippen molar-refractivity contribution in [1.29, 1.82) is 0 Å². The quantitative estimate of drug-likeness (QED) is 0.880. The lowest BCUT2D eigenvalue weighted by molar-refractivity contribution is 0.0995. The molecule has 2 unspecified atom stereocenters. The van der Waals surface area contributed by atoms with Gasteiger partial charge in [-0.05, 0) is 12.8 Å². The lowest BCUT2D eigenvalue weighted by atomic mass is 10.1. The molecular formula is C13H15N7O. The van der Waals surface area contributed by atoms with Gasteiger partial charge in [-0.1, -0.05) is 0 Å². The van der Waals surface area contributed by atoms with Crippen molar-refractivity contribution in [1.82, 2.24) is 19.9 Å². The van der Waals surface area contributed by atoms with Crippen LogP contribution in [0.25, 0.3) is 11.2 Å². The number of hydrogen-bond acceptors (Lipinski definition) is 7. The minimum atomic E-state index is -0.0605. The first-order chi connectivity index (χ1) is 10.4. The topological polar surface area (TPSA) is 100 Å². The molecule has 0 amide bonds. The molecule has 0 radical (unpaired) electrons. The third-order valence-electron chi connectivity index (χ3n) is 3.62. The van der Waals surface area contributed by atoms with Crippen molar-refractivity contribution in [3.63, 3.8) is 0 Å². The zero-order chi connectivity index (χ0) is 14.1. The average molecular weight is 285 g/mol. The molecule has 2 aromatic heterocycles. The number of hydrogen-bond donors (Lipinski definition) is 2. The van der Waals surface area contributed by atoms with E-state index in [0.717, 1.165) is 31.4 Å². The summed E-state index contributed by atoms with van der Waals surface area (Å²) in [6.07, 6.45) is 8.11. The van der Waals surface area contributed by atoms with E-state index in [4.69, 9.17) is 4.74 Å². The molecule has 4 heterocycles. The largest absolute Gasteiger partial charge is 0.378 e. The third-order valence-corrected chi connectivity index (χ3v) is 3.62. The number of H-pyrrole nitrogens is 1. The molecule has 0 bridgehead atoms. The van der Waals surface area contributed by atoms with Crippen molar-refractivity contribution < 1.29 is 4.74 Å². The van der Waals surface area contributed by atoms with Gasteiger partial charge in [-0.25, -0.2) is 19.9 Å². The van der Waals surface area contributed by atoms with Crippen molar-refractivity contribution in [2.45, 2.75) is 31.5 Å². The van der Waals surface area contributed by atoms with Crippen molar-refractivity contribution in [3.8, 4) is 0 Å². The van der Waals surface area contributed by atoms with Crippen LogP contribution in [0.2, 0.25) is 0 Å². The number of anilines is 1. The van der Waals surface area contributed by atoms with E-state index in [1.165, 1.54) is 6.33 Å². The van der Waals surface area contributed by atoms with Crippen LogP contribution >= 0.6 is 0 Å². The van der Waals surface area contributed by atoms with Crippen LogP contribution in [-0.2, 0) is 4.74 Å². The lowest BCUT2D eigenvalue weighted by Gasteiger charge is -2.10. The normalized spacial score (nSPS) is 24.7. The van der Waals surface area contributed by atoms with E-state index in [2.05, 4.69) is 35.2 Å². The van der Waals surface area contributed by atoms with E-state index >= 15 is 0 Å². The van der Waals surface area contributed by atoms with Gasteiger partial charge in [0.15, 0.2) is 11.5 Å². The monoisotopic (exact) mass is 285 g/mol. The van der Waals surface area contributed by atoms with E-state index < -0.39 is 0 Å². The van der Waals surface area contributed by atoms with E-state index in [0.29, 0.717) is 17.3 Å². The maximum atomic E-state index is 5.62. The van der Waals surface area contributed by atoms with E-state index in [1.807, 2.05) is 0 Å². The molecule has 1 saturated heterocycles. The van der Waals surface area contributed by atoms with Gasteiger partial charge in [-0.3, -0.25) is 4.99 Å². The number of nitrogens with one attached hydrogen (secondary N) is 2. The Morgan fingerprint density at radius 2 is 2.33 bits per heavy atom. The molecule has 0 spiro atoms. The van der Waals surface area contributed by atoms with Gasteiger partial charge in [0.1, 0.15) is 23.8 Å². The highest BCUT2D eigenvalue weighted by Crippen LogP contribution is 2.21. The first kappa shape index (κ1) is 12.4. The zero-order valence-corrected chi connectivity index (χ0v) is 11.4. The molecule has 2 aliphatic heterocycles. The highest BCUT2D eigenvalue weighted by molar-refractivity contribution is 6.36. The summed E-state index contributed by atoms with van der Waals surface area (Å²) in [5, 5.41) is 3.16. The van der Waals surface area contributed by atoms with Gasteiger partial charge in [-0.2, -0.15) is 0 Å². The van der Waals surface area contributed by atoms with Gasteiger partial charge >= 0.3 is 0 Å². The zero-order valence-electron chi connectivity index (χ0n) is 11.4. The summed E-state index contributed by atoms with van der Waals surface area (Å²) in [7, 11) is 0. The Hall–Kier alpha value is -2.35. The minimum absolute atomic E-state index is 0.0605. The second-order valence-electron chi connectivity index (χ2n) is 5.09. The van der Waals surface area contributed by atoms with Crippen LogP contribution < -0.4 is 5.32 Å². The Balaban J connectivity index is 1.47. The Morgan fingerprint density at radius 3 is 3.24 bits per heavy atom. The van der Waals surface area contributed by atoms with Crippen molar-refractivity contribution >= 4 is 29.0 Å². The average Bonchev–Trinajstić information content (AvgIpc) is 3.21. The van der Waals surface area contributed by atoms with Crippen LogP contribution in [0.1, 0.15) is 19.3 Å². The Kier molecular flexibility index (Phi) is 3.07. The number of imidazole rings is 1. The third kappa shape index (κ3) is 2.49. The standard InChI is InChI=1S/C13H15N7O/c1-2-8(21-3-1)4-9-14-5-10(19-9)20-13-11-12(16-6-15-11)17-7-18-13/h5-9H,1-4H2,(H2,15,16,17,18,19,20). The fraction of sp³-hybridized carbons (Fsp3) is 0.462. The first-order valence-corrected chi connectivity index (χ1v) is 7.02. The van der Waals surface area contributed by atoms with Crippen molar-refractivity contribution in [2.75, 3.05) is 11.9 Å². The number of fused-ring (bicyclic) bond motifs is 1. The number of amidine groups is 1. The summed E-state index contributed by atoms with van der Waals surface area (Å²) in [4.78, 5) is 24.4. The Labute approximate surface area is 120 Å². The fourth-order valence-corrected chi connectivity index (χ4v) is 2.61. The Bertz CT molecular complexity index is 701. The summed E-state index contributed by atoms with van der Waals surface area (Å²) in [6.45, 7) is 0.856. The van der Waals surface area contributed by atoms with E-state index in [-0.39, 0.29) is 12.3 Å². The first-order valence-electron chi connectivity index (χ1n) is 7.02. The second kappa shape index (κ2) is 5.21.